The summed E-state index contributed by atoms with van der Waals surface area (Å²) < 4.78 is 16.3. The number of hydrogen-bond acceptors (Lipinski definition) is 8. The molecule has 2 N–H and O–H groups in total. The predicted octanol–water partition coefficient (Wildman–Crippen LogP) is 2.81. The Bertz CT molecular complexity index is 1050. The lowest BCUT2D eigenvalue weighted by molar-refractivity contribution is -0.0855. The molecule has 1 aliphatic rings. The van der Waals surface area contributed by atoms with Gasteiger partial charge in [0.15, 0.2) is 0 Å². The van der Waals surface area contributed by atoms with Gasteiger partial charge in [-0.15, -0.1) is 11.3 Å². The lowest BCUT2D eigenvalue weighted by Gasteiger charge is -2.22. The van der Waals surface area contributed by atoms with Crippen LogP contribution in [0, 0.1) is 6.92 Å². The molecule has 1 amide bonds. The van der Waals surface area contributed by atoms with Crippen molar-refractivity contribution in [3.8, 4) is 5.75 Å². The van der Waals surface area contributed by atoms with Crippen molar-refractivity contribution in [3.63, 3.8) is 0 Å². The number of methoxy groups -OCH3 is 1. The number of rotatable bonds is 8. The van der Waals surface area contributed by atoms with E-state index in [4.69, 9.17) is 14.2 Å². The minimum atomic E-state index is -0.128. The van der Waals surface area contributed by atoms with Crippen LogP contribution in [0.2, 0.25) is 0 Å². The first-order valence-electron chi connectivity index (χ1n) is 10.2. The first-order valence-corrected chi connectivity index (χ1v) is 11.1. The Kier molecular flexibility index (Phi) is 6.96. The second kappa shape index (κ2) is 10.0. The smallest absolute Gasteiger partial charge is 0.261 e. The zero-order valence-electron chi connectivity index (χ0n) is 17.6. The van der Waals surface area contributed by atoms with E-state index >= 15 is 0 Å². The van der Waals surface area contributed by atoms with E-state index in [2.05, 4.69) is 26.7 Å². The number of amides is 1. The molecule has 3 heterocycles. The number of nitrogens with zero attached hydrogens (tertiary/aromatic N) is 2. The van der Waals surface area contributed by atoms with E-state index in [1.165, 1.54) is 23.2 Å². The molecule has 3 aromatic rings. The fraction of sp³-hybridized carbons (Fsp3) is 0.409. The molecule has 1 aliphatic heterocycles. The van der Waals surface area contributed by atoms with E-state index in [9.17, 15) is 4.79 Å². The van der Waals surface area contributed by atoms with Crippen molar-refractivity contribution < 1.29 is 19.0 Å². The summed E-state index contributed by atoms with van der Waals surface area (Å²) in [4.78, 5) is 23.0. The Morgan fingerprint density at radius 1 is 1.32 bits per heavy atom. The van der Waals surface area contributed by atoms with Gasteiger partial charge in [0.2, 0.25) is 0 Å². The second-order valence-electron chi connectivity index (χ2n) is 7.26. The fourth-order valence-corrected chi connectivity index (χ4v) is 4.58. The van der Waals surface area contributed by atoms with Gasteiger partial charge in [-0.05, 0) is 36.6 Å². The quantitative estimate of drug-likeness (QED) is 0.554. The van der Waals surface area contributed by atoms with Crippen LogP contribution in [0.25, 0.3) is 10.2 Å². The summed E-state index contributed by atoms with van der Waals surface area (Å²) in [6.45, 7) is 4.72. The van der Waals surface area contributed by atoms with E-state index in [-0.39, 0.29) is 12.0 Å². The molecule has 2 aromatic heterocycles. The standard InChI is InChI=1S/C22H26N4O4S/c1-14-18-20(23-7-6-15-4-3-5-16(10-15)28-2)25-13-26-22(18)31-19(14)21(27)24-11-17-12-29-8-9-30-17/h3-5,10,13,17H,6-9,11-12H2,1-2H3,(H,24,27)(H,23,25,26). The zero-order valence-corrected chi connectivity index (χ0v) is 18.5. The molecule has 0 spiro atoms. The Hall–Kier alpha value is -2.75. The minimum Gasteiger partial charge on any atom is -0.497 e. The molecule has 9 heteroatoms. The van der Waals surface area contributed by atoms with Crippen LogP contribution in [0.3, 0.4) is 0 Å². The van der Waals surface area contributed by atoms with Crippen LogP contribution < -0.4 is 15.4 Å². The highest BCUT2D eigenvalue weighted by molar-refractivity contribution is 7.20. The highest BCUT2D eigenvalue weighted by Gasteiger charge is 2.21. The highest BCUT2D eigenvalue weighted by Crippen LogP contribution is 2.33. The highest BCUT2D eigenvalue weighted by atomic mass is 32.1. The number of carbonyl (C=O) groups excluding carboxylic acids is 1. The predicted molar refractivity (Wildman–Crippen MR) is 120 cm³/mol. The summed E-state index contributed by atoms with van der Waals surface area (Å²) >= 11 is 1.38. The number of fused-ring (bicyclic) bond motifs is 1. The van der Waals surface area contributed by atoms with Crippen LogP contribution in [0.1, 0.15) is 20.8 Å². The van der Waals surface area contributed by atoms with Gasteiger partial charge in [-0.2, -0.15) is 0 Å². The first-order chi connectivity index (χ1) is 15.2. The summed E-state index contributed by atoms with van der Waals surface area (Å²) in [6, 6.07) is 8.00. The monoisotopic (exact) mass is 442 g/mol. The molecule has 1 unspecified atom stereocenters. The number of ether oxygens (including phenoxy) is 3. The molecule has 1 saturated heterocycles. The van der Waals surface area contributed by atoms with Gasteiger partial charge in [-0.1, -0.05) is 12.1 Å². The van der Waals surface area contributed by atoms with Crippen molar-refractivity contribution in [2.24, 2.45) is 0 Å². The molecule has 0 saturated carbocycles. The number of benzene rings is 1. The number of nitrogens with one attached hydrogen (secondary N) is 2. The molecular weight excluding hydrogens is 416 g/mol. The van der Waals surface area contributed by atoms with Gasteiger partial charge in [0.05, 0.1) is 43.3 Å². The van der Waals surface area contributed by atoms with Crippen molar-refractivity contribution in [2.75, 3.05) is 45.3 Å². The van der Waals surface area contributed by atoms with Crippen LogP contribution in [0.4, 0.5) is 5.82 Å². The third-order valence-corrected chi connectivity index (χ3v) is 6.35. The first kappa shape index (κ1) is 21.5. The fourth-order valence-electron chi connectivity index (χ4n) is 3.52. The number of aromatic nitrogens is 2. The van der Waals surface area contributed by atoms with Gasteiger partial charge in [0, 0.05) is 13.1 Å². The molecule has 164 valence electrons. The third kappa shape index (κ3) is 5.12. The normalized spacial score (nSPS) is 16.3. The van der Waals surface area contributed by atoms with E-state index in [1.54, 1.807) is 7.11 Å². The summed E-state index contributed by atoms with van der Waals surface area (Å²) in [7, 11) is 1.66. The number of aryl methyl sites for hydroxylation is 1. The Morgan fingerprint density at radius 2 is 2.23 bits per heavy atom. The molecule has 1 atom stereocenters. The van der Waals surface area contributed by atoms with Gasteiger partial charge in [-0.3, -0.25) is 4.79 Å². The maximum Gasteiger partial charge on any atom is 0.261 e. The molecule has 0 bridgehead atoms. The van der Waals surface area contributed by atoms with Crippen LogP contribution in [-0.4, -0.2) is 62.0 Å². The number of thiophene rings is 1. The van der Waals surface area contributed by atoms with E-state index < -0.39 is 0 Å². The molecule has 8 nitrogen and oxygen atoms in total. The van der Waals surface area contributed by atoms with Crippen molar-refractivity contribution in [3.05, 3.63) is 46.6 Å². The van der Waals surface area contributed by atoms with Crippen LogP contribution in [0.15, 0.2) is 30.6 Å². The Labute approximate surface area is 184 Å². The van der Waals surface area contributed by atoms with Crippen LogP contribution in [0.5, 0.6) is 5.75 Å². The van der Waals surface area contributed by atoms with E-state index in [0.29, 0.717) is 37.8 Å². The maximum atomic E-state index is 12.8. The zero-order chi connectivity index (χ0) is 21.6. The van der Waals surface area contributed by atoms with Gasteiger partial charge < -0.3 is 24.8 Å². The summed E-state index contributed by atoms with van der Waals surface area (Å²) in [6.07, 6.45) is 2.24. The van der Waals surface area contributed by atoms with E-state index in [0.717, 1.165) is 33.8 Å². The van der Waals surface area contributed by atoms with Crippen LogP contribution in [-0.2, 0) is 15.9 Å². The number of carbonyl (C=O) groups is 1. The van der Waals surface area contributed by atoms with Crippen LogP contribution >= 0.6 is 11.3 Å². The lowest BCUT2D eigenvalue weighted by Crippen LogP contribution is -2.39. The summed E-state index contributed by atoms with van der Waals surface area (Å²) in [5, 5.41) is 7.24. The van der Waals surface area contributed by atoms with Crippen molar-refractivity contribution >= 4 is 33.3 Å². The molecule has 31 heavy (non-hydrogen) atoms. The number of anilines is 1. The maximum absolute atomic E-state index is 12.8. The number of hydrogen-bond donors (Lipinski definition) is 2. The Morgan fingerprint density at radius 3 is 3.03 bits per heavy atom. The average Bonchev–Trinajstić information content (AvgIpc) is 3.15. The van der Waals surface area contributed by atoms with Gasteiger partial charge in [-0.25, -0.2) is 9.97 Å². The third-order valence-electron chi connectivity index (χ3n) is 5.15. The lowest BCUT2D eigenvalue weighted by atomic mass is 10.1. The molecule has 1 aromatic carbocycles. The average molecular weight is 443 g/mol. The van der Waals surface area contributed by atoms with Crippen molar-refractivity contribution in [1.29, 1.82) is 0 Å². The molecule has 4 rings (SSSR count). The summed E-state index contributed by atoms with van der Waals surface area (Å²) in [5.74, 6) is 1.46. The largest absolute Gasteiger partial charge is 0.497 e. The SMILES string of the molecule is COc1cccc(CCNc2ncnc3sc(C(=O)NCC4COCCO4)c(C)c23)c1. The molecule has 0 aliphatic carbocycles. The van der Waals surface area contributed by atoms with Gasteiger partial charge >= 0.3 is 0 Å². The molecule has 0 radical (unpaired) electrons. The van der Waals surface area contributed by atoms with Crippen molar-refractivity contribution in [1.82, 2.24) is 15.3 Å². The summed E-state index contributed by atoms with van der Waals surface area (Å²) in [5.41, 5.74) is 2.05. The van der Waals surface area contributed by atoms with Gasteiger partial charge in [0.1, 0.15) is 22.7 Å². The second-order valence-corrected chi connectivity index (χ2v) is 8.26. The van der Waals surface area contributed by atoms with E-state index in [1.807, 2.05) is 25.1 Å². The van der Waals surface area contributed by atoms with Crippen molar-refractivity contribution in [2.45, 2.75) is 19.4 Å². The molecule has 1 fully saturated rings. The van der Waals surface area contributed by atoms with Gasteiger partial charge in [0.25, 0.3) is 5.91 Å². The Balaban J connectivity index is 1.43. The molecular formula is C22H26N4O4S. The topological polar surface area (TPSA) is 94.6 Å². The minimum absolute atomic E-state index is 0.110.